The van der Waals surface area contributed by atoms with E-state index in [0.29, 0.717) is 11.3 Å². The van der Waals surface area contributed by atoms with Crippen LogP contribution in [-0.2, 0) is 0 Å². The van der Waals surface area contributed by atoms with E-state index in [9.17, 15) is 5.26 Å². The molecule has 2 aromatic carbocycles. The van der Waals surface area contributed by atoms with Crippen LogP contribution >= 0.6 is 0 Å². The number of nitriles is 1. The highest BCUT2D eigenvalue weighted by atomic mass is 15.2. The largest absolute Gasteiger partial charge is 0.399 e. The van der Waals surface area contributed by atoms with Crippen LogP contribution in [0.5, 0.6) is 0 Å². The van der Waals surface area contributed by atoms with Gasteiger partial charge in [-0.15, -0.1) is 0 Å². The number of aromatic nitrogens is 2. The lowest BCUT2D eigenvalue weighted by Crippen LogP contribution is -2.13. The fourth-order valence-corrected chi connectivity index (χ4v) is 2.30. The molecule has 0 aliphatic heterocycles. The van der Waals surface area contributed by atoms with Crippen molar-refractivity contribution in [2.24, 2.45) is 0 Å². The molecule has 0 saturated heterocycles. The summed E-state index contributed by atoms with van der Waals surface area (Å²) in [5.41, 5.74) is 8.72. The highest BCUT2D eigenvalue weighted by molar-refractivity contribution is 5.93. The van der Waals surface area contributed by atoms with Gasteiger partial charge in [0.2, 0.25) is 0 Å². The second-order valence-corrected chi connectivity index (χ2v) is 4.66. The number of anilines is 3. The number of para-hydroxylation sites is 1. The Kier molecular flexibility index (Phi) is 3.13. The molecule has 0 aliphatic carbocycles. The highest BCUT2D eigenvalue weighted by Crippen LogP contribution is 2.30. The first-order valence-electron chi connectivity index (χ1n) is 6.44. The van der Waals surface area contributed by atoms with Gasteiger partial charge in [-0.2, -0.15) is 5.26 Å². The van der Waals surface area contributed by atoms with Gasteiger partial charge >= 0.3 is 0 Å². The Morgan fingerprint density at radius 2 is 1.95 bits per heavy atom. The molecule has 0 aliphatic rings. The van der Waals surface area contributed by atoms with E-state index in [1.807, 2.05) is 48.3 Å². The van der Waals surface area contributed by atoms with Crippen LogP contribution in [0.25, 0.3) is 10.9 Å². The predicted octanol–water partition coefficient (Wildman–Crippen LogP) is 2.85. The van der Waals surface area contributed by atoms with Crippen molar-refractivity contribution in [1.29, 1.82) is 5.26 Å². The molecule has 2 N–H and O–H groups in total. The second kappa shape index (κ2) is 5.10. The standard InChI is InChI=1S/C16H13N5/c1-21(15-5-3-2-4-11(15)9-17)16-13-8-12(18)6-7-14(13)19-10-20-16/h2-8,10H,18H2,1H3. The predicted molar refractivity (Wildman–Crippen MR) is 83.2 cm³/mol. The summed E-state index contributed by atoms with van der Waals surface area (Å²) in [6, 6.07) is 15.1. The maximum Gasteiger partial charge on any atom is 0.144 e. The minimum Gasteiger partial charge on any atom is -0.399 e. The molecule has 0 amide bonds. The maximum absolute atomic E-state index is 9.24. The van der Waals surface area contributed by atoms with Crippen molar-refractivity contribution in [3.8, 4) is 6.07 Å². The van der Waals surface area contributed by atoms with Crippen LogP contribution in [0.4, 0.5) is 17.2 Å². The van der Waals surface area contributed by atoms with Crippen molar-refractivity contribution < 1.29 is 0 Å². The number of nitrogens with zero attached hydrogens (tertiary/aromatic N) is 4. The van der Waals surface area contributed by atoms with E-state index >= 15 is 0 Å². The minimum absolute atomic E-state index is 0.593. The van der Waals surface area contributed by atoms with Gasteiger partial charge in [0.1, 0.15) is 18.2 Å². The SMILES string of the molecule is CN(c1ccccc1C#N)c1ncnc2ccc(N)cc12. The number of hydrogen-bond donors (Lipinski definition) is 1. The Labute approximate surface area is 122 Å². The highest BCUT2D eigenvalue weighted by Gasteiger charge is 2.13. The fraction of sp³-hybridized carbons (Fsp3) is 0.0625. The van der Waals surface area contributed by atoms with E-state index in [1.54, 1.807) is 6.07 Å². The van der Waals surface area contributed by atoms with Crippen molar-refractivity contribution in [3.05, 3.63) is 54.4 Å². The monoisotopic (exact) mass is 275 g/mol. The van der Waals surface area contributed by atoms with E-state index in [-0.39, 0.29) is 0 Å². The molecule has 21 heavy (non-hydrogen) atoms. The second-order valence-electron chi connectivity index (χ2n) is 4.66. The summed E-state index contributed by atoms with van der Waals surface area (Å²) in [4.78, 5) is 10.5. The molecule has 0 unspecified atom stereocenters. The lowest BCUT2D eigenvalue weighted by atomic mass is 10.1. The number of benzene rings is 2. The Balaban J connectivity index is 2.20. The molecule has 3 aromatic rings. The zero-order valence-electron chi connectivity index (χ0n) is 11.5. The van der Waals surface area contributed by atoms with Crippen LogP contribution in [-0.4, -0.2) is 17.0 Å². The number of nitrogen functional groups attached to an aromatic ring is 1. The van der Waals surface area contributed by atoms with Crippen LogP contribution < -0.4 is 10.6 Å². The summed E-state index contributed by atoms with van der Waals surface area (Å²) in [5, 5.41) is 10.1. The molecule has 1 aromatic heterocycles. The van der Waals surface area contributed by atoms with Crippen molar-refractivity contribution in [2.75, 3.05) is 17.7 Å². The van der Waals surface area contributed by atoms with Gasteiger partial charge in [-0.1, -0.05) is 12.1 Å². The lowest BCUT2D eigenvalue weighted by molar-refractivity contribution is 1.11. The Bertz CT molecular complexity index is 851. The quantitative estimate of drug-likeness (QED) is 0.727. The van der Waals surface area contributed by atoms with E-state index in [2.05, 4.69) is 16.0 Å². The normalized spacial score (nSPS) is 10.3. The lowest BCUT2D eigenvalue weighted by Gasteiger charge is -2.20. The first kappa shape index (κ1) is 12.9. The average molecular weight is 275 g/mol. The molecule has 0 atom stereocenters. The molecule has 5 nitrogen and oxygen atoms in total. The number of nitrogens with two attached hydrogens (primary N) is 1. The van der Waals surface area contributed by atoms with E-state index < -0.39 is 0 Å². The van der Waals surface area contributed by atoms with Gasteiger partial charge < -0.3 is 10.6 Å². The van der Waals surface area contributed by atoms with E-state index in [1.165, 1.54) is 6.33 Å². The summed E-state index contributed by atoms with van der Waals surface area (Å²) >= 11 is 0. The third-order valence-corrected chi connectivity index (χ3v) is 3.34. The zero-order chi connectivity index (χ0) is 14.8. The number of rotatable bonds is 2. The first-order valence-corrected chi connectivity index (χ1v) is 6.44. The van der Waals surface area contributed by atoms with Gasteiger partial charge in [-0.3, -0.25) is 0 Å². The summed E-state index contributed by atoms with van der Waals surface area (Å²) in [6.45, 7) is 0. The van der Waals surface area contributed by atoms with Gasteiger partial charge in [0.15, 0.2) is 0 Å². The molecule has 3 rings (SSSR count). The number of fused-ring (bicyclic) bond motifs is 1. The summed E-state index contributed by atoms with van der Waals surface area (Å²) < 4.78 is 0. The van der Waals surface area contributed by atoms with Gasteiger partial charge in [0.05, 0.1) is 16.8 Å². The van der Waals surface area contributed by atoms with Crippen LogP contribution in [0, 0.1) is 11.3 Å². The van der Waals surface area contributed by atoms with E-state index in [0.717, 1.165) is 22.4 Å². The molecule has 0 fully saturated rings. The summed E-state index contributed by atoms with van der Waals surface area (Å²) in [6.07, 6.45) is 1.51. The smallest absolute Gasteiger partial charge is 0.144 e. The maximum atomic E-state index is 9.24. The topological polar surface area (TPSA) is 78.8 Å². The minimum atomic E-state index is 0.593. The molecule has 0 bridgehead atoms. The Morgan fingerprint density at radius 1 is 1.14 bits per heavy atom. The molecule has 1 heterocycles. The van der Waals surface area contributed by atoms with Crippen molar-refractivity contribution in [3.63, 3.8) is 0 Å². The third kappa shape index (κ3) is 2.23. The zero-order valence-corrected chi connectivity index (χ0v) is 11.5. The summed E-state index contributed by atoms with van der Waals surface area (Å²) in [5.74, 6) is 0.718. The molecular formula is C16H13N5. The molecule has 102 valence electrons. The molecule has 0 spiro atoms. The Hall–Kier alpha value is -3.13. The molecule has 0 saturated carbocycles. The van der Waals surface area contributed by atoms with Crippen molar-refractivity contribution in [2.45, 2.75) is 0 Å². The van der Waals surface area contributed by atoms with Crippen LogP contribution in [0.15, 0.2) is 48.8 Å². The van der Waals surface area contributed by atoms with Crippen LogP contribution in [0.3, 0.4) is 0 Å². The van der Waals surface area contributed by atoms with Gasteiger partial charge in [0.25, 0.3) is 0 Å². The van der Waals surface area contributed by atoms with Gasteiger partial charge in [-0.05, 0) is 30.3 Å². The van der Waals surface area contributed by atoms with Gasteiger partial charge in [-0.25, -0.2) is 9.97 Å². The molecule has 5 heteroatoms. The average Bonchev–Trinajstić information content (AvgIpc) is 2.53. The number of hydrogen-bond acceptors (Lipinski definition) is 5. The third-order valence-electron chi connectivity index (χ3n) is 3.34. The van der Waals surface area contributed by atoms with Crippen molar-refractivity contribution >= 4 is 28.1 Å². The van der Waals surface area contributed by atoms with Crippen LogP contribution in [0.1, 0.15) is 5.56 Å². The summed E-state index contributed by atoms with van der Waals surface area (Å²) in [7, 11) is 1.88. The fourth-order valence-electron chi connectivity index (χ4n) is 2.30. The van der Waals surface area contributed by atoms with Crippen LogP contribution in [0.2, 0.25) is 0 Å². The van der Waals surface area contributed by atoms with Gasteiger partial charge in [0, 0.05) is 18.1 Å². The first-order chi connectivity index (χ1) is 10.2. The molecular weight excluding hydrogens is 262 g/mol. The van der Waals surface area contributed by atoms with E-state index in [4.69, 9.17) is 5.73 Å². The molecule has 0 radical (unpaired) electrons. The Morgan fingerprint density at radius 3 is 2.76 bits per heavy atom. The van der Waals surface area contributed by atoms with Crippen molar-refractivity contribution in [1.82, 2.24) is 9.97 Å².